The Kier molecular flexibility index (Phi) is 6.79. The first-order valence-electron chi connectivity index (χ1n) is 10.2. The molecule has 31 heavy (non-hydrogen) atoms. The van der Waals surface area contributed by atoms with E-state index in [1.165, 1.54) is 36.0 Å². The summed E-state index contributed by atoms with van der Waals surface area (Å²) in [5.74, 6) is -0.0809. The maximum atomic E-state index is 13.0. The number of benzene rings is 2. The van der Waals surface area contributed by atoms with Gasteiger partial charge in [0.1, 0.15) is 4.32 Å². The number of carbonyl (C=O) groups is 1. The first-order valence-corrected chi connectivity index (χ1v) is 12.3. The van der Waals surface area contributed by atoms with Crippen molar-refractivity contribution in [2.75, 3.05) is 0 Å². The Morgan fingerprint density at radius 2 is 1.87 bits per heavy atom. The Morgan fingerprint density at radius 1 is 1.16 bits per heavy atom. The van der Waals surface area contributed by atoms with Crippen molar-refractivity contribution in [3.63, 3.8) is 0 Å². The van der Waals surface area contributed by atoms with E-state index in [1.807, 2.05) is 37.3 Å². The van der Waals surface area contributed by atoms with Crippen LogP contribution in [0, 0.1) is 17.0 Å². The Hall–Kier alpha value is -2.16. The first kappa shape index (κ1) is 22.0. The van der Waals surface area contributed by atoms with Crippen LogP contribution in [0.25, 0.3) is 6.08 Å². The number of hydrogen-bond acceptors (Lipinski definition) is 6. The van der Waals surface area contributed by atoms with Crippen LogP contribution in [0.15, 0.2) is 57.2 Å². The molecule has 0 N–H and O–H groups in total. The van der Waals surface area contributed by atoms with Crippen LogP contribution in [-0.2, 0) is 4.79 Å². The summed E-state index contributed by atoms with van der Waals surface area (Å²) in [6, 6.07) is 13.1. The highest BCUT2D eigenvalue weighted by molar-refractivity contribution is 8.26. The molecule has 4 rings (SSSR count). The van der Waals surface area contributed by atoms with Crippen LogP contribution >= 0.6 is 35.7 Å². The van der Waals surface area contributed by atoms with Crippen molar-refractivity contribution in [1.82, 2.24) is 4.90 Å². The van der Waals surface area contributed by atoms with Gasteiger partial charge in [-0.1, -0.05) is 78.8 Å². The van der Waals surface area contributed by atoms with Crippen LogP contribution in [0.4, 0.5) is 5.69 Å². The van der Waals surface area contributed by atoms with Crippen LogP contribution in [0.1, 0.15) is 43.2 Å². The molecule has 2 fully saturated rings. The van der Waals surface area contributed by atoms with Gasteiger partial charge in [0.05, 0.1) is 14.7 Å². The summed E-state index contributed by atoms with van der Waals surface area (Å²) in [6.07, 6.45) is 7.12. The van der Waals surface area contributed by atoms with Crippen molar-refractivity contribution in [1.29, 1.82) is 0 Å². The highest BCUT2D eigenvalue weighted by atomic mass is 32.2. The number of aryl methyl sites for hydroxylation is 1. The van der Waals surface area contributed by atoms with Gasteiger partial charge in [0.2, 0.25) is 0 Å². The lowest BCUT2D eigenvalue weighted by Crippen LogP contribution is -2.39. The summed E-state index contributed by atoms with van der Waals surface area (Å²) in [5, 5.41) is 11.7. The zero-order chi connectivity index (χ0) is 22.0. The van der Waals surface area contributed by atoms with E-state index >= 15 is 0 Å². The minimum atomic E-state index is -0.374. The molecule has 1 aliphatic carbocycles. The average Bonchev–Trinajstić information content (AvgIpc) is 3.04. The van der Waals surface area contributed by atoms with Gasteiger partial charge in [-0.05, 0) is 49.6 Å². The molecule has 0 radical (unpaired) electrons. The van der Waals surface area contributed by atoms with E-state index in [-0.39, 0.29) is 22.6 Å². The third-order valence-electron chi connectivity index (χ3n) is 5.49. The number of rotatable bonds is 5. The molecule has 0 aromatic heterocycles. The van der Waals surface area contributed by atoms with Crippen molar-refractivity contribution in [3.05, 3.63) is 68.6 Å². The van der Waals surface area contributed by atoms with Crippen LogP contribution < -0.4 is 0 Å². The zero-order valence-corrected chi connectivity index (χ0v) is 19.5. The monoisotopic (exact) mass is 470 g/mol. The highest BCUT2D eigenvalue weighted by Gasteiger charge is 2.37. The predicted molar refractivity (Wildman–Crippen MR) is 130 cm³/mol. The Bertz CT molecular complexity index is 1060. The van der Waals surface area contributed by atoms with Gasteiger partial charge in [-0.2, -0.15) is 0 Å². The van der Waals surface area contributed by atoms with Gasteiger partial charge in [-0.3, -0.25) is 19.8 Å². The summed E-state index contributed by atoms with van der Waals surface area (Å²) in [7, 11) is 0. The second-order valence-electron chi connectivity index (χ2n) is 7.74. The fourth-order valence-electron chi connectivity index (χ4n) is 3.87. The van der Waals surface area contributed by atoms with Crippen LogP contribution in [0.5, 0.6) is 0 Å². The minimum absolute atomic E-state index is 0.0297. The van der Waals surface area contributed by atoms with Crippen LogP contribution in [0.2, 0.25) is 0 Å². The van der Waals surface area contributed by atoms with Gasteiger partial charge in [0, 0.05) is 17.0 Å². The smallest absolute Gasteiger partial charge is 0.283 e. The molecule has 1 saturated heterocycles. The zero-order valence-electron chi connectivity index (χ0n) is 17.1. The second kappa shape index (κ2) is 9.54. The number of amides is 1. The summed E-state index contributed by atoms with van der Waals surface area (Å²) in [4.78, 5) is 28.1. The molecule has 0 spiro atoms. The molecule has 160 valence electrons. The second-order valence-corrected chi connectivity index (χ2v) is 10.5. The summed E-state index contributed by atoms with van der Waals surface area (Å²) < 4.78 is 0.587. The van der Waals surface area contributed by atoms with Gasteiger partial charge < -0.3 is 0 Å². The SMILES string of the molecule is Cc1ccc(Sc2ccc(C=C3SC(=S)N(C4CCCCC4)C3=O)cc2[N+](=O)[O-])cc1. The van der Waals surface area contributed by atoms with Crippen molar-refractivity contribution >= 4 is 57.7 Å². The number of thioether (sulfide) groups is 1. The third-order valence-corrected chi connectivity index (χ3v) is 7.89. The molecule has 8 heteroatoms. The molecule has 1 amide bonds. The molecule has 1 saturated carbocycles. The quantitative estimate of drug-likeness (QED) is 0.213. The molecule has 2 aromatic rings. The topological polar surface area (TPSA) is 63.5 Å². The summed E-state index contributed by atoms with van der Waals surface area (Å²) in [5.41, 5.74) is 1.80. The number of nitrogens with zero attached hydrogens (tertiary/aromatic N) is 2. The molecular formula is C23H22N2O3S3. The maximum absolute atomic E-state index is 13.0. The average molecular weight is 471 g/mol. The van der Waals surface area contributed by atoms with E-state index in [4.69, 9.17) is 12.2 Å². The van der Waals surface area contributed by atoms with Crippen molar-refractivity contribution in [3.8, 4) is 0 Å². The fraction of sp³-hybridized carbons (Fsp3) is 0.304. The van der Waals surface area contributed by atoms with Crippen molar-refractivity contribution in [2.24, 2.45) is 0 Å². The molecule has 5 nitrogen and oxygen atoms in total. The number of carbonyl (C=O) groups excluding carboxylic acids is 1. The number of nitro groups is 1. The van der Waals surface area contributed by atoms with Crippen molar-refractivity contribution in [2.45, 2.75) is 54.9 Å². The summed E-state index contributed by atoms with van der Waals surface area (Å²) >= 11 is 8.12. The van der Waals surface area contributed by atoms with Gasteiger partial charge in [-0.15, -0.1) is 0 Å². The lowest BCUT2D eigenvalue weighted by Gasteiger charge is -2.29. The number of hydrogen-bond donors (Lipinski definition) is 0. The van der Waals surface area contributed by atoms with E-state index in [0.29, 0.717) is 19.7 Å². The molecule has 0 atom stereocenters. The van der Waals surface area contributed by atoms with E-state index in [1.54, 1.807) is 17.0 Å². The number of nitro benzene ring substituents is 1. The molecule has 0 unspecified atom stereocenters. The van der Waals surface area contributed by atoms with Crippen LogP contribution in [0.3, 0.4) is 0 Å². The molecule has 1 aliphatic heterocycles. The van der Waals surface area contributed by atoms with Gasteiger partial charge in [0.15, 0.2) is 0 Å². The molecule has 0 bridgehead atoms. The molecular weight excluding hydrogens is 448 g/mol. The Balaban J connectivity index is 1.58. The van der Waals surface area contributed by atoms with Crippen molar-refractivity contribution < 1.29 is 9.72 Å². The highest BCUT2D eigenvalue weighted by Crippen LogP contribution is 2.39. The third kappa shape index (κ3) is 5.02. The molecule has 1 heterocycles. The van der Waals surface area contributed by atoms with Gasteiger partial charge in [-0.25, -0.2) is 0 Å². The largest absolute Gasteiger partial charge is 0.290 e. The molecule has 2 aliphatic rings. The molecule has 2 aromatic carbocycles. The normalized spacial score (nSPS) is 18.7. The maximum Gasteiger partial charge on any atom is 0.283 e. The Morgan fingerprint density at radius 3 is 2.55 bits per heavy atom. The number of thiocarbonyl (C=S) groups is 1. The van der Waals surface area contributed by atoms with Gasteiger partial charge >= 0.3 is 0 Å². The van der Waals surface area contributed by atoms with E-state index in [2.05, 4.69) is 0 Å². The van der Waals surface area contributed by atoms with Gasteiger partial charge in [0.25, 0.3) is 11.6 Å². The standard InChI is InChI=1S/C23H22N2O3S3/c1-15-7-10-18(11-8-15)30-20-12-9-16(13-19(20)25(27)28)14-21-22(26)24(23(29)31-21)17-5-3-2-4-6-17/h7-14,17H,2-6H2,1H3. The van der Waals surface area contributed by atoms with E-state index in [0.717, 1.165) is 36.1 Å². The first-order chi connectivity index (χ1) is 14.9. The van der Waals surface area contributed by atoms with E-state index in [9.17, 15) is 14.9 Å². The predicted octanol–water partition coefficient (Wildman–Crippen LogP) is 6.59. The lowest BCUT2D eigenvalue weighted by molar-refractivity contribution is -0.387. The fourth-order valence-corrected chi connectivity index (χ4v) is 6.17. The summed E-state index contributed by atoms with van der Waals surface area (Å²) in [6.45, 7) is 2.00. The van der Waals surface area contributed by atoms with Crippen LogP contribution in [-0.4, -0.2) is 26.1 Å². The Labute approximate surface area is 195 Å². The van der Waals surface area contributed by atoms with E-state index < -0.39 is 0 Å². The lowest BCUT2D eigenvalue weighted by atomic mass is 9.94. The minimum Gasteiger partial charge on any atom is -0.290 e.